The summed E-state index contributed by atoms with van der Waals surface area (Å²) in [5, 5.41) is 3.68. The van der Waals surface area contributed by atoms with Gasteiger partial charge in [0.15, 0.2) is 0 Å². The molecule has 0 amide bonds. The van der Waals surface area contributed by atoms with Gasteiger partial charge < -0.3 is 5.32 Å². The maximum absolute atomic E-state index is 3.68. The molecule has 0 saturated carbocycles. The smallest absolute Gasteiger partial charge is 0.0152 e. The Bertz CT molecular complexity index is 652. The zero-order valence-electron chi connectivity index (χ0n) is 12.3. The van der Waals surface area contributed by atoms with E-state index in [1.165, 1.54) is 41.7 Å². The largest absolute Gasteiger partial charge is 0.388 e. The summed E-state index contributed by atoms with van der Waals surface area (Å²) in [5.41, 5.74) is 5.74. The van der Waals surface area contributed by atoms with Crippen molar-refractivity contribution in [3.63, 3.8) is 0 Å². The van der Waals surface area contributed by atoms with Crippen LogP contribution in [-0.2, 0) is 0 Å². The minimum Gasteiger partial charge on any atom is -0.388 e. The van der Waals surface area contributed by atoms with Crippen molar-refractivity contribution in [3.8, 4) is 0 Å². The van der Waals surface area contributed by atoms with Crippen molar-refractivity contribution >= 4 is 11.6 Å². The molecule has 1 aromatic carbocycles. The van der Waals surface area contributed by atoms with E-state index in [1.807, 2.05) is 0 Å². The van der Waals surface area contributed by atoms with E-state index in [9.17, 15) is 0 Å². The molecule has 1 N–H and O–H groups in total. The maximum Gasteiger partial charge on any atom is 0.0152 e. The monoisotopic (exact) mass is 275 g/mol. The average Bonchev–Trinajstić information content (AvgIpc) is 2.72. The number of piperidine rings is 1. The van der Waals surface area contributed by atoms with E-state index in [0.717, 1.165) is 6.54 Å². The van der Waals surface area contributed by atoms with E-state index >= 15 is 0 Å². The standard InChI is InChI=1S/C20H21N/c1-3-9-17-15(7-1)12-13-16-8-2-4-10-18(16)20(17)19-11-5-6-14-21-19/h1-4,7-10,12-13,15,17,21H,5-6,11,14H2. The molecule has 1 heterocycles. The minimum absolute atomic E-state index is 0.468. The number of benzene rings is 1. The first-order valence-electron chi connectivity index (χ1n) is 8.03. The second-order valence-electron chi connectivity index (χ2n) is 6.10. The molecule has 1 heteroatoms. The second kappa shape index (κ2) is 5.40. The first-order valence-corrected chi connectivity index (χ1v) is 8.03. The van der Waals surface area contributed by atoms with Crippen LogP contribution in [0.1, 0.15) is 30.4 Å². The highest BCUT2D eigenvalue weighted by Gasteiger charge is 2.28. The van der Waals surface area contributed by atoms with E-state index < -0.39 is 0 Å². The van der Waals surface area contributed by atoms with Crippen LogP contribution in [0.15, 0.2) is 60.3 Å². The lowest BCUT2D eigenvalue weighted by Gasteiger charge is -2.29. The lowest BCUT2D eigenvalue weighted by Crippen LogP contribution is -2.24. The van der Waals surface area contributed by atoms with Crippen molar-refractivity contribution in [2.45, 2.75) is 19.3 Å². The highest BCUT2D eigenvalue weighted by molar-refractivity contribution is 5.81. The average molecular weight is 275 g/mol. The summed E-state index contributed by atoms with van der Waals surface area (Å²) in [6, 6.07) is 8.83. The summed E-state index contributed by atoms with van der Waals surface area (Å²) in [4.78, 5) is 0. The van der Waals surface area contributed by atoms with Crippen molar-refractivity contribution < 1.29 is 0 Å². The van der Waals surface area contributed by atoms with Crippen molar-refractivity contribution in [3.05, 3.63) is 71.5 Å². The molecule has 0 aromatic heterocycles. The number of fused-ring (bicyclic) bond motifs is 2. The molecule has 1 aliphatic heterocycles. The second-order valence-corrected chi connectivity index (χ2v) is 6.10. The predicted octanol–water partition coefficient (Wildman–Crippen LogP) is 4.56. The topological polar surface area (TPSA) is 12.0 Å². The van der Waals surface area contributed by atoms with E-state index in [2.05, 4.69) is 66.0 Å². The Hall–Kier alpha value is -2.02. The van der Waals surface area contributed by atoms with Crippen LogP contribution < -0.4 is 5.32 Å². The van der Waals surface area contributed by atoms with Crippen LogP contribution in [0, 0.1) is 11.8 Å². The Labute approximate surface area is 126 Å². The molecular formula is C20H21N. The molecule has 1 nitrogen and oxygen atoms in total. The van der Waals surface area contributed by atoms with Gasteiger partial charge in [-0.05, 0) is 36.0 Å². The summed E-state index contributed by atoms with van der Waals surface area (Å²) in [6.45, 7) is 1.12. The Morgan fingerprint density at radius 2 is 1.86 bits per heavy atom. The van der Waals surface area contributed by atoms with Gasteiger partial charge in [-0.25, -0.2) is 0 Å². The Balaban J connectivity index is 1.91. The van der Waals surface area contributed by atoms with Gasteiger partial charge in [0.05, 0.1) is 0 Å². The van der Waals surface area contributed by atoms with E-state index in [4.69, 9.17) is 0 Å². The summed E-state index contributed by atoms with van der Waals surface area (Å²) in [6.07, 6.45) is 17.5. The summed E-state index contributed by atoms with van der Waals surface area (Å²) < 4.78 is 0. The first-order chi connectivity index (χ1) is 10.4. The zero-order valence-corrected chi connectivity index (χ0v) is 12.3. The summed E-state index contributed by atoms with van der Waals surface area (Å²) >= 11 is 0. The minimum atomic E-state index is 0.468. The van der Waals surface area contributed by atoms with Gasteiger partial charge in [0.1, 0.15) is 0 Å². The van der Waals surface area contributed by atoms with Gasteiger partial charge in [0.2, 0.25) is 0 Å². The molecular weight excluding hydrogens is 254 g/mol. The summed E-state index contributed by atoms with van der Waals surface area (Å²) in [7, 11) is 0. The first kappa shape index (κ1) is 12.7. The lowest BCUT2D eigenvalue weighted by atomic mass is 9.79. The van der Waals surface area contributed by atoms with Crippen LogP contribution in [0.4, 0.5) is 0 Å². The number of allylic oxidation sites excluding steroid dienone is 7. The van der Waals surface area contributed by atoms with E-state index in [0.29, 0.717) is 11.8 Å². The number of nitrogens with one attached hydrogen (secondary N) is 1. The van der Waals surface area contributed by atoms with Crippen LogP contribution in [0.25, 0.3) is 11.6 Å². The fourth-order valence-corrected chi connectivity index (χ4v) is 3.73. The molecule has 0 bridgehead atoms. The van der Waals surface area contributed by atoms with Gasteiger partial charge >= 0.3 is 0 Å². The third kappa shape index (κ3) is 2.27. The summed E-state index contributed by atoms with van der Waals surface area (Å²) in [5.74, 6) is 0.948. The third-order valence-corrected chi connectivity index (χ3v) is 4.78. The lowest BCUT2D eigenvalue weighted by molar-refractivity contribution is 0.577. The van der Waals surface area contributed by atoms with Crippen molar-refractivity contribution in [2.24, 2.45) is 11.8 Å². The van der Waals surface area contributed by atoms with Gasteiger partial charge in [-0.2, -0.15) is 0 Å². The Kier molecular flexibility index (Phi) is 3.27. The molecule has 2 unspecified atom stereocenters. The third-order valence-electron chi connectivity index (χ3n) is 4.78. The molecule has 0 spiro atoms. The molecule has 106 valence electrons. The highest BCUT2D eigenvalue weighted by atomic mass is 14.9. The van der Waals surface area contributed by atoms with E-state index in [-0.39, 0.29) is 0 Å². The van der Waals surface area contributed by atoms with Crippen molar-refractivity contribution in [2.75, 3.05) is 6.54 Å². The van der Waals surface area contributed by atoms with Gasteiger partial charge in [-0.15, -0.1) is 0 Å². The molecule has 1 aromatic rings. The molecule has 1 fully saturated rings. The Morgan fingerprint density at radius 3 is 2.76 bits per heavy atom. The van der Waals surface area contributed by atoms with Gasteiger partial charge in [-0.1, -0.05) is 60.7 Å². The van der Waals surface area contributed by atoms with Crippen LogP contribution in [0.3, 0.4) is 0 Å². The molecule has 4 rings (SSSR count). The van der Waals surface area contributed by atoms with Crippen LogP contribution in [0.5, 0.6) is 0 Å². The molecule has 3 aliphatic rings. The van der Waals surface area contributed by atoms with Crippen LogP contribution >= 0.6 is 0 Å². The predicted molar refractivity (Wildman–Crippen MR) is 89.5 cm³/mol. The van der Waals surface area contributed by atoms with Gasteiger partial charge in [0.25, 0.3) is 0 Å². The molecule has 0 radical (unpaired) electrons. The Morgan fingerprint density at radius 1 is 0.952 bits per heavy atom. The van der Waals surface area contributed by atoms with Crippen molar-refractivity contribution in [1.82, 2.24) is 5.32 Å². The molecule has 1 saturated heterocycles. The van der Waals surface area contributed by atoms with Crippen LogP contribution in [0.2, 0.25) is 0 Å². The van der Waals surface area contributed by atoms with Crippen molar-refractivity contribution in [1.29, 1.82) is 0 Å². The van der Waals surface area contributed by atoms with Gasteiger partial charge in [-0.3, -0.25) is 0 Å². The van der Waals surface area contributed by atoms with E-state index in [1.54, 1.807) is 0 Å². The molecule has 2 aliphatic carbocycles. The fourth-order valence-electron chi connectivity index (χ4n) is 3.73. The zero-order chi connectivity index (χ0) is 14.1. The SMILES string of the molecule is C1=CC2C=Cc3ccccc3C(=C3CCCCN3)C2C=C1. The van der Waals surface area contributed by atoms with Gasteiger partial charge in [0, 0.05) is 24.1 Å². The molecule has 21 heavy (non-hydrogen) atoms. The van der Waals surface area contributed by atoms with Crippen LogP contribution in [-0.4, -0.2) is 6.54 Å². The number of hydrogen-bond acceptors (Lipinski definition) is 1. The highest BCUT2D eigenvalue weighted by Crippen LogP contribution is 2.41. The number of rotatable bonds is 0. The maximum atomic E-state index is 3.68. The normalized spacial score (nSPS) is 30.3. The molecule has 2 atom stereocenters. The quantitative estimate of drug-likeness (QED) is 0.732. The fraction of sp³-hybridized carbons (Fsp3) is 0.300. The number of hydrogen-bond donors (Lipinski definition) is 1.